The molecule has 0 aliphatic rings. The summed E-state index contributed by atoms with van der Waals surface area (Å²) in [6, 6.07) is 11.6. The topological polar surface area (TPSA) is 111 Å². The second kappa shape index (κ2) is 7.96. The quantitative estimate of drug-likeness (QED) is 0.387. The summed E-state index contributed by atoms with van der Waals surface area (Å²) in [6.45, 7) is 1.61. The molecule has 2 aromatic carbocycles. The number of benzene rings is 2. The molecular formula is C17H13FN4O4S. The molecule has 0 aliphatic heterocycles. The fourth-order valence-electron chi connectivity index (χ4n) is 2.13. The smallest absolute Gasteiger partial charge is 0.277 e. The lowest BCUT2D eigenvalue weighted by Gasteiger charge is -2.10. The molecule has 1 heterocycles. The Hall–Kier alpha value is -3.27. The summed E-state index contributed by atoms with van der Waals surface area (Å²) >= 11 is 0.994. The molecule has 0 bridgehead atoms. The van der Waals surface area contributed by atoms with Crippen LogP contribution in [-0.4, -0.2) is 26.3 Å². The van der Waals surface area contributed by atoms with Crippen LogP contribution in [0.5, 0.6) is 0 Å². The van der Waals surface area contributed by atoms with Gasteiger partial charge in [0.1, 0.15) is 5.82 Å². The zero-order valence-electron chi connectivity index (χ0n) is 14.0. The highest BCUT2D eigenvalue weighted by Gasteiger charge is 2.20. The number of hydrogen-bond acceptors (Lipinski definition) is 7. The summed E-state index contributed by atoms with van der Waals surface area (Å²) in [4.78, 5) is 22.5. The van der Waals surface area contributed by atoms with Crippen molar-refractivity contribution in [1.29, 1.82) is 0 Å². The lowest BCUT2D eigenvalue weighted by molar-refractivity contribution is -0.384. The van der Waals surface area contributed by atoms with Gasteiger partial charge in [0, 0.05) is 17.7 Å². The number of aromatic nitrogens is 2. The number of carbonyl (C=O) groups is 1. The lowest BCUT2D eigenvalue weighted by Crippen LogP contribution is -2.22. The summed E-state index contributed by atoms with van der Waals surface area (Å²) < 4.78 is 19.1. The molecule has 0 radical (unpaired) electrons. The maximum absolute atomic E-state index is 13.6. The minimum atomic E-state index is -0.636. The van der Waals surface area contributed by atoms with E-state index in [0.29, 0.717) is 5.56 Å². The zero-order chi connectivity index (χ0) is 19.4. The van der Waals surface area contributed by atoms with Gasteiger partial charge in [0.25, 0.3) is 10.9 Å². The molecule has 27 heavy (non-hydrogen) atoms. The van der Waals surface area contributed by atoms with E-state index in [1.165, 1.54) is 36.4 Å². The predicted octanol–water partition coefficient (Wildman–Crippen LogP) is 3.90. The summed E-state index contributed by atoms with van der Waals surface area (Å²) in [5.41, 5.74) is 0.377. The van der Waals surface area contributed by atoms with Crippen molar-refractivity contribution in [2.75, 3.05) is 5.32 Å². The molecule has 1 N–H and O–H groups in total. The highest BCUT2D eigenvalue weighted by molar-refractivity contribution is 8.00. The van der Waals surface area contributed by atoms with Crippen molar-refractivity contribution < 1.29 is 18.5 Å². The Morgan fingerprint density at radius 2 is 2.04 bits per heavy atom. The second-order valence-electron chi connectivity index (χ2n) is 5.41. The number of nitrogens with one attached hydrogen (secondary N) is 1. The van der Waals surface area contributed by atoms with E-state index in [9.17, 15) is 19.3 Å². The molecule has 10 heteroatoms. The van der Waals surface area contributed by atoms with Gasteiger partial charge in [-0.2, -0.15) is 0 Å². The third-order valence-electron chi connectivity index (χ3n) is 3.49. The van der Waals surface area contributed by atoms with Crippen molar-refractivity contribution >= 4 is 29.0 Å². The molecule has 0 fully saturated rings. The maximum atomic E-state index is 13.6. The van der Waals surface area contributed by atoms with Crippen LogP contribution in [-0.2, 0) is 4.79 Å². The predicted molar refractivity (Wildman–Crippen MR) is 96.7 cm³/mol. The van der Waals surface area contributed by atoms with Gasteiger partial charge in [0.2, 0.25) is 11.8 Å². The lowest BCUT2D eigenvalue weighted by atomic mass is 10.2. The van der Waals surface area contributed by atoms with Gasteiger partial charge >= 0.3 is 0 Å². The standard InChI is InChI=1S/C17H13FN4O4S/c1-10(15(23)19-14-8-3-2-7-13(14)18)27-17-21-20-16(26-17)11-5-4-6-12(9-11)22(24)25/h2-10H,1H3,(H,19,23)/t10-/m0/s1. The van der Waals surface area contributed by atoms with E-state index in [4.69, 9.17) is 4.42 Å². The van der Waals surface area contributed by atoms with Gasteiger partial charge in [-0.3, -0.25) is 14.9 Å². The summed E-state index contributed by atoms with van der Waals surface area (Å²) in [5.74, 6) is -0.864. The average Bonchev–Trinajstić information content (AvgIpc) is 3.12. The Bertz CT molecular complexity index is 994. The first kappa shape index (κ1) is 18.5. The van der Waals surface area contributed by atoms with Gasteiger partial charge in [-0.15, -0.1) is 10.2 Å². The van der Waals surface area contributed by atoms with Crippen molar-refractivity contribution in [3.05, 3.63) is 64.5 Å². The maximum Gasteiger partial charge on any atom is 0.277 e. The van der Waals surface area contributed by atoms with Crippen LogP contribution in [0.3, 0.4) is 0 Å². The Balaban J connectivity index is 1.68. The van der Waals surface area contributed by atoms with E-state index >= 15 is 0 Å². The Morgan fingerprint density at radius 3 is 2.78 bits per heavy atom. The summed E-state index contributed by atoms with van der Waals surface area (Å²) in [5, 5.41) is 20.5. The van der Waals surface area contributed by atoms with E-state index in [1.54, 1.807) is 19.1 Å². The number of nitrogens with zero attached hydrogens (tertiary/aromatic N) is 3. The number of hydrogen-bond donors (Lipinski definition) is 1. The highest BCUT2D eigenvalue weighted by atomic mass is 32.2. The highest BCUT2D eigenvalue weighted by Crippen LogP contribution is 2.28. The number of nitro groups is 1. The van der Waals surface area contributed by atoms with E-state index in [2.05, 4.69) is 15.5 Å². The van der Waals surface area contributed by atoms with E-state index in [-0.39, 0.29) is 22.5 Å². The van der Waals surface area contributed by atoms with Crippen LogP contribution in [0.1, 0.15) is 6.92 Å². The van der Waals surface area contributed by atoms with Crippen LogP contribution in [0, 0.1) is 15.9 Å². The number of thioether (sulfide) groups is 1. The number of para-hydroxylation sites is 1. The normalized spacial score (nSPS) is 11.8. The number of carbonyl (C=O) groups excluding carboxylic acids is 1. The minimum Gasteiger partial charge on any atom is -0.411 e. The van der Waals surface area contributed by atoms with Crippen LogP contribution in [0.4, 0.5) is 15.8 Å². The van der Waals surface area contributed by atoms with Crippen LogP contribution in [0.2, 0.25) is 0 Å². The van der Waals surface area contributed by atoms with Crippen LogP contribution in [0.25, 0.3) is 11.5 Å². The van der Waals surface area contributed by atoms with Crippen molar-refractivity contribution in [3.63, 3.8) is 0 Å². The van der Waals surface area contributed by atoms with E-state index in [1.807, 2.05) is 0 Å². The number of nitro benzene ring substituents is 1. The first-order valence-electron chi connectivity index (χ1n) is 7.74. The van der Waals surface area contributed by atoms with Gasteiger partial charge in [0.05, 0.1) is 15.9 Å². The van der Waals surface area contributed by atoms with Crippen molar-refractivity contribution in [3.8, 4) is 11.5 Å². The summed E-state index contributed by atoms with van der Waals surface area (Å²) in [7, 11) is 0. The number of halogens is 1. The van der Waals surface area contributed by atoms with Crippen molar-refractivity contribution in [2.24, 2.45) is 0 Å². The fourth-order valence-corrected chi connectivity index (χ4v) is 2.81. The first-order valence-corrected chi connectivity index (χ1v) is 8.62. The Labute approximate surface area is 156 Å². The van der Waals surface area contributed by atoms with Crippen LogP contribution in [0.15, 0.2) is 58.2 Å². The van der Waals surface area contributed by atoms with Crippen LogP contribution >= 0.6 is 11.8 Å². The average molecular weight is 388 g/mol. The minimum absolute atomic E-state index is 0.0813. The molecule has 0 spiro atoms. The molecule has 1 aromatic heterocycles. The molecule has 3 rings (SSSR count). The first-order chi connectivity index (χ1) is 12.9. The molecule has 8 nitrogen and oxygen atoms in total. The van der Waals surface area contributed by atoms with Gasteiger partial charge in [-0.25, -0.2) is 4.39 Å². The third-order valence-corrected chi connectivity index (χ3v) is 4.42. The molecule has 138 valence electrons. The Kier molecular flexibility index (Phi) is 5.46. The molecule has 0 unspecified atom stereocenters. The number of non-ortho nitro benzene ring substituents is 1. The van der Waals surface area contributed by atoms with Gasteiger partial charge < -0.3 is 9.73 Å². The molecule has 3 aromatic rings. The number of amides is 1. The summed E-state index contributed by atoms with van der Waals surface area (Å²) in [6.07, 6.45) is 0. The largest absolute Gasteiger partial charge is 0.411 e. The molecule has 0 saturated carbocycles. The molecule has 1 amide bonds. The second-order valence-corrected chi connectivity index (χ2v) is 6.70. The van der Waals surface area contributed by atoms with Crippen molar-refractivity contribution in [1.82, 2.24) is 10.2 Å². The zero-order valence-corrected chi connectivity index (χ0v) is 14.8. The van der Waals surface area contributed by atoms with E-state index < -0.39 is 21.9 Å². The SMILES string of the molecule is C[C@H](Sc1nnc(-c2cccc([N+](=O)[O-])c2)o1)C(=O)Nc1ccccc1F. The van der Waals surface area contributed by atoms with Crippen molar-refractivity contribution in [2.45, 2.75) is 17.4 Å². The van der Waals surface area contributed by atoms with Gasteiger partial charge in [-0.05, 0) is 25.1 Å². The van der Waals surface area contributed by atoms with E-state index in [0.717, 1.165) is 11.8 Å². The Morgan fingerprint density at radius 1 is 1.26 bits per heavy atom. The van der Waals surface area contributed by atoms with Crippen LogP contribution < -0.4 is 5.32 Å². The number of anilines is 1. The fraction of sp³-hybridized carbons (Fsp3) is 0.118. The molecule has 0 saturated heterocycles. The molecule has 1 atom stereocenters. The molecular weight excluding hydrogens is 375 g/mol. The van der Waals surface area contributed by atoms with Gasteiger partial charge in [0.15, 0.2) is 0 Å². The van der Waals surface area contributed by atoms with Gasteiger partial charge in [-0.1, -0.05) is 30.0 Å². The molecule has 0 aliphatic carbocycles. The monoisotopic (exact) mass is 388 g/mol. The third kappa shape index (κ3) is 4.47. The number of rotatable bonds is 6.